The zero-order chi connectivity index (χ0) is 11.9. The van der Waals surface area contributed by atoms with Gasteiger partial charge in [-0.3, -0.25) is 9.59 Å². The number of imide groups is 1. The summed E-state index contributed by atoms with van der Waals surface area (Å²) in [4.78, 5) is 37.9. The molecule has 0 unspecified atom stereocenters. The molecule has 0 aromatic carbocycles. The Labute approximate surface area is 89.3 Å². The van der Waals surface area contributed by atoms with Crippen molar-refractivity contribution < 1.29 is 28.0 Å². The van der Waals surface area contributed by atoms with Crippen molar-refractivity contribution in [1.29, 1.82) is 0 Å². The summed E-state index contributed by atoms with van der Waals surface area (Å²) in [6.07, 6.45) is -1.18. The van der Waals surface area contributed by atoms with Crippen LogP contribution in [0.1, 0.15) is 25.7 Å². The fourth-order valence-corrected chi connectivity index (χ4v) is 1.65. The van der Waals surface area contributed by atoms with Crippen LogP contribution in [0.25, 0.3) is 0 Å². The molecular weight excluding hydrogens is 224 g/mol. The van der Waals surface area contributed by atoms with Gasteiger partial charge in [0.2, 0.25) is 5.92 Å². The minimum absolute atomic E-state index is 0.00700. The molecule has 0 aromatic rings. The van der Waals surface area contributed by atoms with Crippen molar-refractivity contribution in [2.45, 2.75) is 31.6 Å². The number of alkyl halides is 2. The number of amides is 2. The van der Waals surface area contributed by atoms with Gasteiger partial charge >= 0.3 is 5.97 Å². The van der Waals surface area contributed by atoms with Crippen LogP contribution >= 0.6 is 0 Å². The highest BCUT2D eigenvalue weighted by Crippen LogP contribution is 2.43. The first-order valence-electron chi connectivity index (χ1n) is 4.84. The van der Waals surface area contributed by atoms with Gasteiger partial charge in [0.05, 0.1) is 5.92 Å². The Bertz CT molecular complexity index is 345. The molecule has 88 valence electrons. The van der Waals surface area contributed by atoms with E-state index in [0.717, 1.165) is 0 Å². The van der Waals surface area contributed by atoms with E-state index in [1.54, 1.807) is 0 Å². The monoisotopic (exact) mass is 233 g/mol. The second kappa shape index (κ2) is 3.50. The molecule has 7 heteroatoms. The lowest BCUT2D eigenvalue weighted by Crippen LogP contribution is -2.43. The highest BCUT2D eigenvalue weighted by atomic mass is 19.3. The summed E-state index contributed by atoms with van der Waals surface area (Å²) in [6, 6.07) is 0. The van der Waals surface area contributed by atoms with Crippen LogP contribution in [0.5, 0.6) is 0 Å². The lowest BCUT2D eigenvalue weighted by atomic mass is 9.81. The molecule has 0 N–H and O–H groups in total. The summed E-state index contributed by atoms with van der Waals surface area (Å²) in [5.41, 5.74) is 0. The maximum absolute atomic E-state index is 12.5. The first kappa shape index (κ1) is 11.0. The van der Waals surface area contributed by atoms with Gasteiger partial charge in [0, 0.05) is 25.7 Å². The van der Waals surface area contributed by atoms with Crippen LogP contribution in [-0.4, -0.2) is 28.8 Å². The van der Waals surface area contributed by atoms with Gasteiger partial charge in [-0.05, 0) is 0 Å². The summed E-state index contributed by atoms with van der Waals surface area (Å²) in [5, 5.41) is 0.374. The van der Waals surface area contributed by atoms with Gasteiger partial charge in [0.1, 0.15) is 0 Å². The van der Waals surface area contributed by atoms with Crippen molar-refractivity contribution in [3.8, 4) is 0 Å². The molecule has 2 fully saturated rings. The lowest BCUT2D eigenvalue weighted by molar-refractivity contribution is -0.211. The van der Waals surface area contributed by atoms with Gasteiger partial charge in [-0.25, -0.2) is 13.6 Å². The molecule has 1 aliphatic heterocycles. The van der Waals surface area contributed by atoms with E-state index in [4.69, 9.17) is 0 Å². The molecule has 5 nitrogen and oxygen atoms in total. The smallest absolute Gasteiger partial charge is 0.330 e. The van der Waals surface area contributed by atoms with Crippen molar-refractivity contribution >= 4 is 17.8 Å². The van der Waals surface area contributed by atoms with Crippen LogP contribution in [-0.2, 0) is 19.2 Å². The Hall–Kier alpha value is -1.53. The maximum Gasteiger partial charge on any atom is 0.336 e. The molecule has 1 saturated heterocycles. The average molecular weight is 233 g/mol. The van der Waals surface area contributed by atoms with Crippen molar-refractivity contribution in [2.24, 2.45) is 5.92 Å². The van der Waals surface area contributed by atoms with Gasteiger partial charge in [-0.1, -0.05) is 0 Å². The predicted octanol–water partition coefficient (Wildman–Crippen LogP) is 0.639. The number of hydroxylamine groups is 2. The Morgan fingerprint density at radius 1 is 1.25 bits per heavy atom. The Balaban J connectivity index is 1.89. The summed E-state index contributed by atoms with van der Waals surface area (Å²) in [7, 11) is 0. The molecule has 16 heavy (non-hydrogen) atoms. The summed E-state index contributed by atoms with van der Waals surface area (Å²) < 4.78 is 24.9. The SMILES string of the molecule is O=C(ON1C(=O)CCC1=O)C1CC(F)(F)C1. The molecule has 2 rings (SSSR count). The molecular formula is C9H9F2NO4. The molecule has 2 aliphatic rings. The highest BCUT2D eigenvalue weighted by molar-refractivity contribution is 6.01. The second-order valence-electron chi connectivity index (χ2n) is 3.95. The van der Waals surface area contributed by atoms with Gasteiger partial charge < -0.3 is 4.84 Å². The number of halogens is 2. The minimum Gasteiger partial charge on any atom is -0.330 e. The molecule has 0 atom stereocenters. The van der Waals surface area contributed by atoms with E-state index in [1.165, 1.54) is 0 Å². The molecule has 0 radical (unpaired) electrons. The first-order valence-corrected chi connectivity index (χ1v) is 4.84. The third-order valence-corrected chi connectivity index (χ3v) is 2.61. The molecule has 1 heterocycles. The van der Waals surface area contributed by atoms with Gasteiger partial charge in [-0.2, -0.15) is 0 Å². The van der Waals surface area contributed by atoms with E-state index in [1.807, 2.05) is 0 Å². The fraction of sp³-hybridized carbons (Fsp3) is 0.667. The van der Waals surface area contributed by atoms with Crippen LogP contribution in [0, 0.1) is 5.92 Å². The number of hydrogen-bond donors (Lipinski definition) is 0. The fourth-order valence-electron chi connectivity index (χ4n) is 1.65. The topological polar surface area (TPSA) is 63.7 Å². The molecule has 0 spiro atoms. The largest absolute Gasteiger partial charge is 0.336 e. The van der Waals surface area contributed by atoms with Crippen LogP contribution in [0.15, 0.2) is 0 Å². The van der Waals surface area contributed by atoms with E-state index in [2.05, 4.69) is 4.84 Å². The number of carbonyl (C=O) groups excluding carboxylic acids is 3. The molecule has 1 saturated carbocycles. The van der Waals surface area contributed by atoms with Crippen LogP contribution in [0.2, 0.25) is 0 Å². The van der Waals surface area contributed by atoms with Crippen molar-refractivity contribution in [3.63, 3.8) is 0 Å². The number of rotatable bonds is 2. The Morgan fingerprint density at radius 3 is 2.19 bits per heavy atom. The first-order chi connectivity index (χ1) is 7.39. The third-order valence-electron chi connectivity index (χ3n) is 2.61. The number of carbonyl (C=O) groups is 3. The van der Waals surface area contributed by atoms with Crippen molar-refractivity contribution in [2.75, 3.05) is 0 Å². The van der Waals surface area contributed by atoms with Gasteiger partial charge in [-0.15, -0.1) is 5.06 Å². The Kier molecular flexibility index (Phi) is 2.40. The normalized spacial score (nSPS) is 24.5. The van der Waals surface area contributed by atoms with E-state index in [-0.39, 0.29) is 12.8 Å². The summed E-state index contributed by atoms with van der Waals surface area (Å²) >= 11 is 0. The van der Waals surface area contributed by atoms with E-state index in [0.29, 0.717) is 5.06 Å². The van der Waals surface area contributed by atoms with Crippen LogP contribution < -0.4 is 0 Å². The summed E-state index contributed by atoms with van der Waals surface area (Å²) in [5.74, 6) is -5.90. The highest BCUT2D eigenvalue weighted by Gasteiger charge is 2.50. The van der Waals surface area contributed by atoms with Crippen molar-refractivity contribution in [3.05, 3.63) is 0 Å². The van der Waals surface area contributed by atoms with E-state index in [9.17, 15) is 23.2 Å². The molecule has 0 aromatic heterocycles. The standard InChI is InChI=1S/C9H9F2NO4/c10-9(11)3-5(4-9)8(15)16-12-6(13)1-2-7(12)14/h5H,1-4H2. The van der Waals surface area contributed by atoms with E-state index >= 15 is 0 Å². The molecule has 1 aliphatic carbocycles. The Morgan fingerprint density at radius 2 is 1.75 bits per heavy atom. The number of hydrogen-bond acceptors (Lipinski definition) is 4. The second-order valence-corrected chi connectivity index (χ2v) is 3.95. The molecule has 0 bridgehead atoms. The molecule has 2 amide bonds. The van der Waals surface area contributed by atoms with Gasteiger partial charge in [0.15, 0.2) is 0 Å². The van der Waals surface area contributed by atoms with Crippen LogP contribution in [0.3, 0.4) is 0 Å². The zero-order valence-corrected chi connectivity index (χ0v) is 8.24. The van der Waals surface area contributed by atoms with Gasteiger partial charge in [0.25, 0.3) is 11.8 Å². The third kappa shape index (κ3) is 1.89. The minimum atomic E-state index is -2.83. The predicted molar refractivity (Wildman–Crippen MR) is 44.9 cm³/mol. The van der Waals surface area contributed by atoms with E-state index < -0.39 is 42.5 Å². The van der Waals surface area contributed by atoms with Crippen LogP contribution in [0.4, 0.5) is 8.78 Å². The lowest BCUT2D eigenvalue weighted by Gasteiger charge is -2.33. The zero-order valence-electron chi connectivity index (χ0n) is 8.24. The maximum atomic E-state index is 12.5. The quantitative estimate of drug-likeness (QED) is 0.656. The average Bonchev–Trinajstić information content (AvgIpc) is 2.45. The number of nitrogens with zero attached hydrogens (tertiary/aromatic N) is 1. The summed E-state index contributed by atoms with van der Waals surface area (Å²) in [6.45, 7) is 0. The van der Waals surface area contributed by atoms with Crippen molar-refractivity contribution in [1.82, 2.24) is 5.06 Å².